The zero-order chi connectivity index (χ0) is 14.4. The molecule has 106 valence electrons. The standard InChI is InChI=1S/C14H19ClFNO2/c1-3-10(4-2)17(8-9-18)14(19)11-6-5-7-12(16)13(11)15/h5-7,10,18H,3-4,8-9H2,1-2H3. The summed E-state index contributed by atoms with van der Waals surface area (Å²) >= 11 is 5.84. The van der Waals surface area contributed by atoms with Gasteiger partial charge in [0.1, 0.15) is 5.82 Å². The highest BCUT2D eigenvalue weighted by molar-refractivity contribution is 6.34. The van der Waals surface area contributed by atoms with E-state index in [1.54, 1.807) is 4.90 Å². The van der Waals surface area contributed by atoms with Gasteiger partial charge in [0, 0.05) is 12.6 Å². The average molecular weight is 288 g/mol. The van der Waals surface area contributed by atoms with Gasteiger partial charge in [-0.15, -0.1) is 0 Å². The highest BCUT2D eigenvalue weighted by atomic mass is 35.5. The van der Waals surface area contributed by atoms with Gasteiger partial charge in [-0.3, -0.25) is 4.79 Å². The van der Waals surface area contributed by atoms with Crippen LogP contribution in [0.1, 0.15) is 37.0 Å². The molecule has 5 heteroatoms. The van der Waals surface area contributed by atoms with Crippen molar-refractivity contribution in [2.45, 2.75) is 32.7 Å². The van der Waals surface area contributed by atoms with Crippen molar-refractivity contribution >= 4 is 17.5 Å². The number of carbonyl (C=O) groups excluding carboxylic acids is 1. The third-order valence-corrected chi connectivity index (χ3v) is 3.55. The second-order valence-electron chi connectivity index (χ2n) is 4.29. The molecule has 0 aliphatic heterocycles. The maximum atomic E-state index is 13.4. The van der Waals surface area contributed by atoms with Crippen LogP contribution in [0.25, 0.3) is 0 Å². The van der Waals surface area contributed by atoms with E-state index < -0.39 is 5.82 Å². The van der Waals surface area contributed by atoms with E-state index in [-0.39, 0.29) is 35.7 Å². The van der Waals surface area contributed by atoms with Crippen molar-refractivity contribution in [1.82, 2.24) is 4.90 Å². The molecule has 1 aromatic rings. The van der Waals surface area contributed by atoms with Crippen LogP contribution in [0.15, 0.2) is 18.2 Å². The summed E-state index contributed by atoms with van der Waals surface area (Å²) in [6.45, 7) is 4.03. The number of hydrogen-bond donors (Lipinski definition) is 1. The van der Waals surface area contributed by atoms with E-state index in [0.29, 0.717) is 0 Å². The fourth-order valence-corrected chi connectivity index (χ4v) is 2.32. The predicted octanol–water partition coefficient (Wildman–Crippen LogP) is 3.10. The molecule has 0 bridgehead atoms. The van der Waals surface area contributed by atoms with Gasteiger partial charge in [-0.2, -0.15) is 0 Å². The lowest BCUT2D eigenvalue weighted by Crippen LogP contribution is -2.41. The normalized spacial score (nSPS) is 10.8. The molecule has 0 heterocycles. The summed E-state index contributed by atoms with van der Waals surface area (Å²) in [5.74, 6) is -0.951. The molecular formula is C14H19ClFNO2. The molecule has 1 N–H and O–H groups in total. The molecule has 3 nitrogen and oxygen atoms in total. The van der Waals surface area contributed by atoms with Crippen LogP contribution < -0.4 is 0 Å². The van der Waals surface area contributed by atoms with Gasteiger partial charge in [0.25, 0.3) is 5.91 Å². The third kappa shape index (κ3) is 3.67. The minimum atomic E-state index is -0.610. The lowest BCUT2D eigenvalue weighted by molar-refractivity contribution is 0.0622. The van der Waals surface area contributed by atoms with E-state index in [0.717, 1.165) is 12.8 Å². The van der Waals surface area contributed by atoms with Crippen LogP contribution in [0.5, 0.6) is 0 Å². The Morgan fingerprint density at radius 3 is 2.58 bits per heavy atom. The number of carbonyl (C=O) groups is 1. The Bertz CT molecular complexity index is 435. The molecule has 0 unspecified atom stereocenters. The van der Waals surface area contributed by atoms with Crippen LogP contribution in [-0.4, -0.2) is 35.1 Å². The van der Waals surface area contributed by atoms with Gasteiger partial charge in [0.15, 0.2) is 0 Å². The molecule has 0 aliphatic rings. The first-order valence-electron chi connectivity index (χ1n) is 6.42. The second-order valence-corrected chi connectivity index (χ2v) is 4.67. The van der Waals surface area contributed by atoms with Crippen molar-refractivity contribution < 1.29 is 14.3 Å². The molecule has 1 rings (SSSR count). The van der Waals surface area contributed by atoms with E-state index in [2.05, 4.69) is 0 Å². The summed E-state index contributed by atoms with van der Waals surface area (Å²) in [5, 5.41) is 8.93. The number of benzene rings is 1. The summed E-state index contributed by atoms with van der Waals surface area (Å²) < 4.78 is 13.4. The number of hydrogen-bond acceptors (Lipinski definition) is 2. The van der Waals surface area contributed by atoms with Crippen LogP contribution in [0, 0.1) is 5.82 Å². The van der Waals surface area contributed by atoms with Crippen molar-refractivity contribution in [3.63, 3.8) is 0 Å². The van der Waals surface area contributed by atoms with Crippen LogP contribution in [-0.2, 0) is 0 Å². The van der Waals surface area contributed by atoms with E-state index in [1.807, 2.05) is 13.8 Å². The molecule has 0 atom stereocenters. The monoisotopic (exact) mass is 287 g/mol. The molecule has 0 saturated carbocycles. The molecule has 0 spiro atoms. The molecule has 0 aromatic heterocycles. The van der Waals surface area contributed by atoms with Crippen LogP contribution in [0.3, 0.4) is 0 Å². The van der Waals surface area contributed by atoms with Crippen molar-refractivity contribution in [1.29, 1.82) is 0 Å². The first kappa shape index (κ1) is 15.9. The van der Waals surface area contributed by atoms with Gasteiger partial charge in [-0.25, -0.2) is 4.39 Å². The van der Waals surface area contributed by atoms with Gasteiger partial charge < -0.3 is 10.0 Å². The van der Waals surface area contributed by atoms with Gasteiger partial charge in [0.2, 0.25) is 0 Å². The Morgan fingerprint density at radius 2 is 2.05 bits per heavy atom. The summed E-state index contributed by atoms with van der Waals surface area (Å²) in [5.41, 5.74) is 0.141. The molecular weight excluding hydrogens is 269 g/mol. The molecule has 0 radical (unpaired) electrons. The van der Waals surface area contributed by atoms with E-state index in [1.165, 1.54) is 18.2 Å². The largest absolute Gasteiger partial charge is 0.395 e. The number of nitrogens with zero attached hydrogens (tertiary/aromatic N) is 1. The molecule has 1 aromatic carbocycles. The lowest BCUT2D eigenvalue weighted by atomic mass is 10.1. The number of aliphatic hydroxyl groups is 1. The Morgan fingerprint density at radius 1 is 1.42 bits per heavy atom. The average Bonchev–Trinajstić information content (AvgIpc) is 2.41. The topological polar surface area (TPSA) is 40.5 Å². The maximum absolute atomic E-state index is 13.4. The SMILES string of the molecule is CCC(CC)N(CCO)C(=O)c1cccc(F)c1Cl. The van der Waals surface area contributed by atoms with Crippen molar-refractivity contribution in [3.8, 4) is 0 Å². The van der Waals surface area contributed by atoms with Gasteiger partial charge in [-0.1, -0.05) is 31.5 Å². The van der Waals surface area contributed by atoms with E-state index in [4.69, 9.17) is 16.7 Å². The van der Waals surface area contributed by atoms with Crippen molar-refractivity contribution in [3.05, 3.63) is 34.6 Å². The number of aliphatic hydroxyl groups excluding tert-OH is 1. The van der Waals surface area contributed by atoms with Crippen LogP contribution >= 0.6 is 11.6 Å². The Hall–Kier alpha value is -1.13. The smallest absolute Gasteiger partial charge is 0.255 e. The van der Waals surface area contributed by atoms with E-state index in [9.17, 15) is 9.18 Å². The van der Waals surface area contributed by atoms with Gasteiger partial charge in [-0.05, 0) is 25.0 Å². The predicted molar refractivity (Wildman–Crippen MR) is 73.9 cm³/mol. The summed E-state index contributed by atoms with van der Waals surface area (Å²) in [6, 6.07) is 4.19. The Kier molecular flexibility index (Phi) is 6.25. The third-order valence-electron chi connectivity index (χ3n) is 3.17. The molecule has 0 saturated heterocycles. The van der Waals surface area contributed by atoms with Gasteiger partial charge >= 0.3 is 0 Å². The zero-order valence-corrected chi connectivity index (χ0v) is 12.0. The second kappa shape index (κ2) is 7.46. The molecule has 0 aliphatic carbocycles. The quantitative estimate of drug-likeness (QED) is 0.873. The zero-order valence-electron chi connectivity index (χ0n) is 11.2. The summed E-state index contributed by atoms with van der Waals surface area (Å²) in [6.07, 6.45) is 1.55. The van der Waals surface area contributed by atoms with Gasteiger partial charge in [0.05, 0.1) is 17.2 Å². The molecule has 19 heavy (non-hydrogen) atoms. The number of rotatable bonds is 6. The lowest BCUT2D eigenvalue weighted by Gasteiger charge is -2.30. The fraction of sp³-hybridized carbons (Fsp3) is 0.500. The first-order valence-corrected chi connectivity index (χ1v) is 6.80. The molecule has 0 fully saturated rings. The highest BCUT2D eigenvalue weighted by Crippen LogP contribution is 2.23. The number of amides is 1. The van der Waals surface area contributed by atoms with Crippen LogP contribution in [0.2, 0.25) is 5.02 Å². The highest BCUT2D eigenvalue weighted by Gasteiger charge is 2.24. The minimum absolute atomic E-state index is 0.0129. The Balaban J connectivity index is 3.08. The van der Waals surface area contributed by atoms with E-state index >= 15 is 0 Å². The summed E-state index contributed by atoms with van der Waals surface area (Å²) in [7, 11) is 0. The fourth-order valence-electron chi connectivity index (χ4n) is 2.11. The Labute approximate surface area is 118 Å². The maximum Gasteiger partial charge on any atom is 0.255 e. The molecule has 1 amide bonds. The minimum Gasteiger partial charge on any atom is -0.395 e. The van der Waals surface area contributed by atoms with Crippen LogP contribution in [0.4, 0.5) is 4.39 Å². The first-order chi connectivity index (χ1) is 9.06. The van der Waals surface area contributed by atoms with Crippen molar-refractivity contribution in [2.24, 2.45) is 0 Å². The summed E-state index contributed by atoms with van der Waals surface area (Å²) in [4.78, 5) is 14.0. The number of halogens is 2. The van der Waals surface area contributed by atoms with Crippen molar-refractivity contribution in [2.75, 3.05) is 13.2 Å².